The lowest BCUT2D eigenvalue weighted by atomic mass is 10.1. The number of aryl methyl sites for hydroxylation is 1. The predicted molar refractivity (Wildman–Crippen MR) is 82.7 cm³/mol. The van der Waals surface area contributed by atoms with Crippen LogP contribution < -0.4 is 10.0 Å². The van der Waals surface area contributed by atoms with Crippen molar-refractivity contribution in [2.75, 3.05) is 13.7 Å². The third kappa shape index (κ3) is 4.03. The van der Waals surface area contributed by atoms with Gasteiger partial charge in [0.05, 0.1) is 11.0 Å². The van der Waals surface area contributed by atoms with Gasteiger partial charge in [-0.2, -0.15) is 0 Å². The van der Waals surface area contributed by atoms with E-state index in [0.29, 0.717) is 18.0 Å². The number of rotatable bonds is 6. The Bertz CT molecular complexity index is 581. The first kappa shape index (κ1) is 16.4. The summed E-state index contributed by atoms with van der Waals surface area (Å²) in [5, 5.41) is 3.03. The minimum atomic E-state index is -3.53. The Balaban J connectivity index is 2.19. The molecule has 0 bridgehead atoms. The minimum absolute atomic E-state index is 0.0272. The summed E-state index contributed by atoms with van der Waals surface area (Å²) in [5.41, 5.74) is 1.70. The standard InChI is InChI=1S/C15H24N2O3S/c1-11-6-7-13(10-16-3)9-15(11)21(18,19)17-12(2)14-5-4-8-20-14/h6-7,9,12,14,16-17H,4-5,8,10H2,1-3H3. The molecule has 0 amide bonds. The molecule has 0 saturated carbocycles. The quantitative estimate of drug-likeness (QED) is 0.836. The summed E-state index contributed by atoms with van der Waals surface area (Å²) >= 11 is 0. The normalized spacial score (nSPS) is 20.6. The molecule has 6 heteroatoms. The van der Waals surface area contributed by atoms with Gasteiger partial charge in [-0.05, 0) is 50.9 Å². The van der Waals surface area contributed by atoms with Crippen LogP contribution in [0.25, 0.3) is 0 Å². The molecule has 1 aromatic carbocycles. The third-order valence-corrected chi connectivity index (χ3v) is 5.49. The second-order valence-corrected chi connectivity index (χ2v) is 7.27. The number of hydrogen-bond acceptors (Lipinski definition) is 4. The summed E-state index contributed by atoms with van der Waals surface area (Å²) in [7, 11) is -1.69. The van der Waals surface area contributed by atoms with E-state index in [2.05, 4.69) is 10.0 Å². The lowest BCUT2D eigenvalue weighted by Crippen LogP contribution is -2.41. The highest BCUT2D eigenvalue weighted by Crippen LogP contribution is 2.20. The van der Waals surface area contributed by atoms with E-state index in [1.165, 1.54) is 0 Å². The number of sulfonamides is 1. The van der Waals surface area contributed by atoms with E-state index in [0.717, 1.165) is 24.0 Å². The third-order valence-electron chi connectivity index (χ3n) is 3.79. The maximum Gasteiger partial charge on any atom is 0.241 e. The summed E-state index contributed by atoms with van der Waals surface area (Å²) in [4.78, 5) is 0.347. The number of benzene rings is 1. The van der Waals surface area contributed by atoms with Crippen LogP contribution in [0.3, 0.4) is 0 Å². The smallest absolute Gasteiger partial charge is 0.241 e. The summed E-state index contributed by atoms with van der Waals surface area (Å²) in [6.45, 7) is 5.03. The molecule has 0 aliphatic carbocycles. The second-order valence-electron chi connectivity index (χ2n) is 5.59. The van der Waals surface area contributed by atoms with Gasteiger partial charge in [0.25, 0.3) is 0 Å². The molecule has 1 fully saturated rings. The van der Waals surface area contributed by atoms with Gasteiger partial charge in [0.2, 0.25) is 10.0 Å². The van der Waals surface area contributed by atoms with Crippen LogP contribution in [0.4, 0.5) is 0 Å². The van der Waals surface area contributed by atoms with Gasteiger partial charge in [0, 0.05) is 19.2 Å². The van der Waals surface area contributed by atoms with E-state index in [-0.39, 0.29) is 12.1 Å². The van der Waals surface area contributed by atoms with E-state index in [1.807, 2.05) is 33.0 Å². The Morgan fingerprint density at radius 1 is 1.43 bits per heavy atom. The molecule has 0 aromatic heterocycles. The van der Waals surface area contributed by atoms with E-state index in [9.17, 15) is 8.42 Å². The largest absolute Gasteiger partial charge is 0.377 e. The molecular formula is C15H24N2O3S. The van der Waals surface area contributed by atoms with Gasteiger partial charge in [0.15, 0.2) is 0 Å². The Kier molecular flexibility index (Phi) is 5.37. The van der Waals surface area contributed by atoms with Crippen LogP contribution in [0.15, 0.2) is 23.1 Å². The Labute approximate surface area is 127 Å². The van der Waals surface area contributed by atoms with E-state index in [1.54, 1.807) is 6.07 Å². The molecule has 5 nitrogen and oxygen atoms in total. The number of ether oxygens (including phenoxy) is 1. The molecule has 2 atom stereocenters. The molecule has 2 N–H and O–H groups in total. The van der Waals surface area contributed by atoms with Crippen molar-refractivity contribution in [3.8, 4) is 0 Å². The van der Waals surface area contributed by atoms with E-state index in [4.69, 9.17) is 4.74 Å². The highest BCUT2D eigenvalue weighted by Gasteiger charge is 2.27. The monoisotopic (exact) mass is 312 g/mol. The molecule has 0 radical (unpaired) electrons. The molecule has 21 heavy (non-hydrogen) atoms. The highest BCUT2D eigenvalue weighted by atomic mass is 32.2. The molecule has 0 spiro atoms. The van der Waals surface area contributed by atoms with Gasteiger partial charge in [-0.25, -0.2) is 13.1 Å². The van der Waals surface area contributed by atoms with Crippen LogP contribution >= 0.6 is 0 Å². The molecule has 1 aliphatic rings. The molecule has 1 aliphatic heterocycles. The van der Waals surface area contributed by atoms with Crippen molar-refractivity contribution in [2.24, 2.45) is 0 Å². The van der Waals surface area contributed by atoms with Crippen molar-refractivity contribution in [2.45, 2.75) is 50.3 Å². The van der Waals surface area contributed by atoms with Gasteiger partial charge in [0.1, 0.15) is 0 Å². The first-order valence-electron chi connectivity index (χ1n) is 7.32. The Hall–Kier alpha value is -0.950. The van der Waals surface area contributed by atoms with Crippen LogP contribution in [-0.4, -0.2) is 34.2 Å². The van der Waals surface area contributed by atoms with Crippen LogP contribution in [0, 0.1) is 6.92 Å². The van der Waals surface area contributed by atoms with Crippen molar-refractivity contribution in [3.05, 3.63) is 29.3 Å². The zero-order valence-corrected chi connectivity index (χ0v) is 13.7. The molecule has 1 heterocycles. The van der Waals surface area contributed by atoms with Crippen LogP contribution in [0.5, 0.6) is 0 Å². The lowest BCUT2D eigenvalue weighted by Gasteiger charge is -2.20. The SMILES string of the molecule is CNCc1ccc(C)c(S(=O)(=O)NC(C)C2CCCO2)c1. The van der Waals surface area contributed by atoms with Crippen molar-refractivity contribution in [3.63, 3.8) is 0 Å². The van der Waals surface area contributed by atoms with Gasteiger partial charge >= 0.3 is 0 Å². The van der Waals surface area contributed by atoms with Crippen LogP contribution in [0.1, 0.15) is 30.9 Å². The Morgan fingerprint density at radius 3 is 2.81 bits per heavy atom. The number of hydrogen-bond donors (Lipinski definition) is 2. The molecule has 118 valence electrons. The minimum Gasteiger partial charge on any atom is -0.377 e. The van der Waals surface area contributed by atoms with Gasteiger partial charge < -0.3 is 10.1 Å². The van der Waals surface area contributed by atoms with Crippen LogP contribution in [0.2, 0.25) is 0 Å². The van der Waals surface area contributed by atoms with Crippen molar-refractivity contribution in [1.29, 1.82) is 0 Å². The molecular weight excluding hydrogens is 288 g/mol. The maximum atomic E-state index is 12.6. The van der Waals surface area contributed by atoms with Crippen molar-refractivity contribution in [1.82, 2.24) is 10.0 Å². The van der Waals surface area contributed by atoms with Crippen LogP contribution in [-0.2, 0) is 21.3 Å². The molecule has 1 aromatic rings. The van der Waals surface area contributed by atoms with Crippen molar-refractivity contribution >= 4 is 10.0 Å². The van der Waals surface area contributed by atoms with Gasteiger partial charge in [-0.1, -0.05) is 12.1 Å². The predicted octanol–water partition coefficient (Wildman–Crippen LogP) is 1.56. The number of nitrogens with one attached hydrogen (secondary N) is 2. The fourth-order valence-electron chi connectivity index (χ4n) is 2.63. The lowest BCUT2D eigenvalue weighted by molar-refractivity contribution is 0.0902. The average molecular weight is 312 g/mol. The first-order valence-corrected chi connectivity index (χ1v) is 8.80. The highest BCUT2D eigenvalue weighted by molar-refractivity contribution is 7.89. The second kappa shape index (κ2) is 6.87. The fourth-order valence-corrected chi connectivity index (χ4v) is 4.20. The summed E-state index contributed by atoms with van der Waals surface area (Å²) in [5.74, 6) is 0. The Morgan fingerprint density at radius 2 is 2.19 bits per heavy atom. The summed E-state index contributed by atoms with van der Waals surface area (Å²) < 4.78 is 33.5. The topological polar surface area (TPSA) is 67.4 Å². The molecule has 1 saturated heterocycles. The van der Waals surface area contributed by atoms with Gasteiger partial charge in [-0.3, -0.25) is 0 Å². The average Bonchev–Trinajstić information content (AvgIpc) is 2.94. The van der Waals surface area contributed by atoms with E-state index < -0.39 is 10.0 Å². The zero-order valence-electron chi connectivity index (χ0n) is 12.8. The summed E-state index contributed by atoms with van der Waals surface area (Å²) in [6.07, 6.45) is 1.87. The maximum absolute atomic E-state index is 12.6. The fraction of sp³-hybridized carbons (Fsp3) is 0.600. The van der Waals surface area contributed by atoms with Crippen molar-refractivity contribution < 1.29 is 13.2 Å². The summed E-state index contributed by atoms with van der Waals surface area (Å²) in [6, 6.07) is 5.30. The first-order chi connectivity index (χ1) is 9.94. The zero-order chi connectivity index (χ0) is 15.5. The van der Waals surface area contributed by atoms with Gasteiger partial charge in [-0.15, -0.1) is 0 Å². The molecule has 2 unspecified atom stereocenters. The van der Waals surface area contributed by atoms with E-state index >= 15 is 0 Å². The molecule has 2 rings (SSSR count).